The van der Waals surface area contributed by atoms with E-state index in [1.54, 1.807) is 25.1 Å². The number of piperidine rings is 1. The van der Waals surface area contributed by atoms with Gasteiger partial charge in [-0.3, -0.25) is 9.36 Å². The Morgan fingerprint density at radius 3 is 2.56 bits per heavy atom. The lowest BCUT2D eigenvalue weighted by Crippen LogP contribution is -2.42. The number of likely N-dealkylation sites (tertiary alicyclic amines) is 1. The fourth-order valence-corrected chi connectivity index (χ4v) is 4.07. The zero-order chi connectivity index (χ0) is 22.7. The highest BCUT2D eigenvalue weighted by atomic mass is 19.1. The van der Waals surface area contributed by atoms with Crippen molar-refractivity contribution in [3.63, 3.8) is 0 Å². The highest BCUT2D eigenvalue weighted by Gasteiger charge is 2.24. The van der Waals surface area contributed by atoms with Gasteiger partial charge in [0.15, 0.2) is 5.82 Å². The van der Waals surface area contributed by atoms with E-state index in [9.17, 15) is 14.0 Å². The second-order valence-electron chi connectivity index (χ2n) is 8.29. The van der Waals surface area contributed by atoms with E-state index in [0.29, 0.717) is 48.4 Å². The van der Waals surface area contributed by atoms with E-state index in [-0.39, 0.29) is 24.0 Å². The molecule has 0 N–H and O–H groups in total. The third kappa shape index (κ3) is 5.09. The van der Waals surface area contributed by atoms with E-state index < -0.39 is 0 Å². The maximum absolute atomic E-state index is 13.1. The molecular formula is C23H26FN5O3. The first-order valence-electron chi connectivity index (χ1n) is 10.8. The van der Waals surface area contributed by atoms with Gasteiger partial charge in [0, 0.05) is 36.5 Å². The second-order valence-corrected chi connectivity index (χ2v) is 8.29. The third-order valence-corrected chi connectivity index (χ3v) is 5.94. The van der Waals surface area contributed by atoms with Crippen molar-refractivity contribution in [2.75, 3.05) is 13.1 Å². The lowest BCUT2D eigenvalue weighted by molar-refractivity contribution is -0.133. The predicted molar refractivity (Wildman–Crippen MR) is 115 cm³/mol. The highest BCUT2D eigenvalue weighted by molar-refractivity contribution is 5.76. The van der Waals surface area contributed by atoms with Crippen molar-refractivity contribution in [2.24, 2.45) is 5.92 Å². The first-order valence-corrected chi connectivity index (χ1v) is 10.8. The Bertz CT molecular complexity index is 1150. The molecule has 1 amide bonds. The molecule has 3 aromatic rings. The normalized spacial score (nSPS) is 14.7. The Hall–Kier alpha value is -3.36. The summed E-state index contributed by atoms with van der Waals surface area (Å²) in [5.41, 5.74) is 1.70. The SMILES string of the molecule is Cc1cc(C)n(CC(=O)N2CCC(CCc3noc(-c4ccc(F)cc4)n3)CC2)c(=O)n1. The van der Waals surface area contributed by atoms with Gasteiger partial charge in [-0.1, -0.05) is 5.16 Å². The van der Waals surface area contributed by atoms with Crippen LogP contribution in [-0.2, 0) is 17.8 Å². The van der Waals surface area contributed by atoms with Crippen LogP contribution in [0.1, 0.15) is 36.5 Å². The molecule has 1 saturated heterocycles. The molecule has 168 valence electrons. The van der Waals surface area contributed by atoms with Gasteiger partial charge in [-0.2, -0.15) is 9.97 Å². The van der Waals surface area contributed by atoms with E-state index >= 15 is 0 Å². The number of carbonyl (C=O) groups is 1. The van der Waals surface area contributed by atoms with Gasteiger partial charge in [0.2, 0.25) is 5.91 Å². The van der Waals surface area contributed by atoms with Crippen LogP contribution in [-0.4, -0.2) is 43.6 Å². The van der Waals surface area contributed by atoms with Gasteiger partial charge in [-0.15, -0.1) is 0 Å². The number of aromatic nitrogens is 4. The fourth-order valence-electron chi connectivity index (χ4n) is 4.07. The van der Waals surface area contributed by atoms with Gasteiger partial charge in [0.05, 0.1) is 0 Å². The summed E-state index contributed by atoms with van der Waals surface area (Å²) in [7, 11) is 0. The van der Waals surface area contributed by atoms with Crippen LogP contribution < -0.4 is 5.69 Å². The summed E-state index contributed by atoms with van der Waals surface area (Å²) in [6.07, 6.45) is 3.39. The Kier molecular flexibility index (Phi) is 6.43. The van der Waals surface area contributed by atoms with E-state index in [0.717, 1.165) is 25.0 Å². The van der Waals surface area contributed by atoms with Gasteiger partial charge in [0.25, 0.3) is 5.89 Å². The number of amides is 1. The van der Waals surface area contributed by atoms with Gasteiger partial charge >= 0.3 is 5.69 Å². The van der Waals surface area contributed by atoms with Crippen LogP contribution >= 0.6 is 0 Å². The van der Waals surface area contributed by atoms with Crippen molar-refractivity contribution in [3.05, 3.63) is 63.8 Å². The summed E-state index contributed by atoms with van der Waals surface area (Å²) in [5, 5.41) is 4.03. The average Bonchev–Trinajstić information content (AvgIpc) is 3.24. The maximum atomic E-state index is 13.1. The lowest BCUT2D eigenvalue weighted by Gasteiger charge is -2.32. The molecule has 1 aromatic carbocycles. The van der Waals surface area contributed by atoms with E-state index in [2.05, 4.69) is 15.1 Å². The quantitative estimate of drug-likeness (QED) is 0.586. The van der Waals surface area contributed by atoms with Crippen LogP contribution in [0.2, 0.25) is 0 Å². The molecule has 1 aliphatic rings. The zero-order valence-corrected chi connectivity index (χ0v) is 18.3. The largest absolute Gasteiger partial charge is 0.348 e. The Balaban J connectivity index is 1.26. The smallest absolute Gasteiger partial charge is 0.341 e. The molecule has 32 heavy (non-hydrogen) atoms. The Morgan fingerprint density at radius 1 is 1.16 bits per heavy atom. The van der Waals surface area contributed by atoms with Gasteiger partial charge < -0.3 is 9.42 Å². The maximum Gasteiger partial charge on any atom is 0.348 e. The van der Waals surface area contributed by atoms with Crippen LogP contribution in [0, 0.1) is 25.6 Å². The molecule has 0 atom stereocenters. The van der Waals surface area contributed by atoms with Gasteiger partial charge in [0.1, 0.15) is 12.4 Å². The molecule has 2 aromatic heterocycles. The van der Waals surface area contributed by atoms with Gasteiger partial charge in [-0.05, 0) is 69.4 Å². The third-order valence-electron chi connectivity index (χ3n) is 5.94. The second kappa shape index (κ2) is 9.42. The van der Waals surface area contributed by atoms with Crippen molar-refractivity contribution in [3.8, 4) is 11.5 Å². The lowest BCUT2D eigenvalue weighted by atomic mass is 9.92. The van der Waals surface area contributed by atoms with Crippen LogP contribution in [0.3, 0.4) is 0 Å². The summed E-state index contributed by atoms with van der Waals surface area (Å²) in [5.74, 6) is 1.12. The number of benzene rings is 1. The molecule has 3 heterocycles. The average molecular weight is 439 g/mol. The van der Waals surface area contributed by atoms with Crippen LogP contribution in [0.15, 0.2) is 39.6 Å². The molecule has 4 rings (SSSR count). The number of hydrogen-bond acceptors (Lipinski definition) is 6. The van der Waals surface area contributed by atoms with Crippen molar-refractivity contribution >= 4 is 5.91 Å². The van der Waals surface area contributed by atoms with Crippen LogP contribution in [0.25, 0.3) is 11.5 Å². The summed E-state index contributed by atoms with van der Waals surface area (Å²) in [6, 6.07) is 7.76. The summed E-state index contributed by atoms with van der Waals surface area (Å²) in [6.45, 7) is 4.95. The number of aryl methyl sites for hydroxylation is 3. The van der Waals surface area contributed by atoms with E-state index in [1.807, 2.05) is 11.8 Å². The molecule has 0 spiro atoms. The summed E-state index contributed by atoms with van der Waals surface area (Å²) < 4.78 is 19.8. The summed E-state index contributed by atoms with van der Waals surface area (Å²) in [4.78, 5) is 34.9. The van der Waals surface area contributed by atoms with Crippen molar-refractivity contribution in [2.45, 2.75) is 46.1 Å². The molecule has 8 nitrogen and oxygen atoms in total. The molecule has 9 heteroatoms. The Morgan fingerprint density at radius 2 is 1.88 bits per heavy atom. The van der Waals surface area contributed by atoms with E-state index in [4.69, 9.17) is 4.52 Å². The van der Waals surface area contributed by atoms with Gasteiger partial charge in [-0.25, -0.2) is 9.18 Å². The number of hydrogen-bond donors (Lipinski definition) is 0. The fraction of sp³-hybridized carbons (Fsp3) is 0.435. The zero-order valence-electron chi connectivity index (χ0n) is 18.3. The van der Waals surface area contributed by atoms with Crippen molar-refractivity contribution < 1.29 is 13.7 Å². The highest BCUT2D eigenvalue weighted by Crippen LogP contribution is 2.23. The predicted octanol–water partition coefficient (Wildman–Crippen LogP) is 2.92. The molecule has 0 aliphatic carbocycles. The number of rotatable bonds is 6. The standard InChI is InChI=1S/C23H26FN5O3/c1-15-13-16(2)29(23(31)25-15)14-21(30)28-11-9-17(10-12-28)3-8-20-26-22(32-27-20)18-4-6-19(24)7-5-18/h4-7,13,17H,3,8-12,14H2,1-2H3. The Labute approximate surface area is 185 Å². The van der Waals surface area contributed by atoms with Crippen molar-refractivity contribution in [1.29, 1.82) is 0 Å². The van der Waals surface area contributed by atoms with Crippen LogP contribution in [0.5, 0.6) is 0 Å². The number of carbonyl (C=O) groups excluding carboxylic acids is 1. The molecule has 0 unspecified atom stereocenters. The van der Waals surface area contributed by atoms with Crippen molar-refractivity contribution in [1.82, 2.24) is 24.6 Å². The first kappa shape index (κ1) is 21.9. The molecule has 0 radical (unpaired) electrons. The molecule has 0 bridgehead atoms. The minimum Gasteiger partial charge on any atom is -0.341 e. The summed E-state index contributed by atoms with van der Waals surface area (Å²) >= 11 is 0. The number of nitrogens with zero attached hydrogens (tertiary/aromatic N) is 5. The monoisotopic (exact) mass is 439 g/mol. The molecule has 1 aliphatic heterocycles. The first-order chi connectivity index (χ1) is 15.4. The molecule has 0 saturated carbocycles. The van der Waals surface area contributed by atoms with Crippen LogP contribution in [0.4, 0.5) is 4.39 Å². The van der Waals surface area contributed by atoms with E-state index in [1.165, 1.54) is 16.7 Å². The topological polar surface area (TPSA) is 94.1 Å². The minimum atomic E-state index is -0.383. The minimum absolute atomic E-state index is 0.0254. The number of halogens is 1. The molecular weight excluding hydrogens is 413 g/mol. The molecule has 1 fully saturated rings.